The number of barbiturate groups is 1. The number of amides is 4. The lowest BCUT2D eigenvalue weighted by molar-refractivity contribution is -0.149. The highest BCUT2D eigenvalue weighted by Gasteiger charge is 2.46. The maximum atomic E-state index is 12.5. The molecule has 0 radical (unpaired) electrons. The number of rotatable bonds is 2. The number of hydrogen-bond donors (Lipinski definition) is 1. The quantitative estimate of drug-likeness (QED) is 0.774. The Balaban J connectivity index is 2.23. The largest absolute Gasteiger partial charge is 0.375 e. The summed E-state index contributed by atoms with van der Waals surface area (Å²) < 4.78 is 5.62. The minimum atomic E-state index is -0.779. The van der Waals surface area contributed by atoms with E-state index in [0.29, 0.717) is 19.4 Å². The molecule has 1 N–H and O–H groups in total. The third-order valence-corrected chi connectivity index (χ3v) is 3.94. The Morgan fingerprint density at radius 3 is 2.50 bits per heavy atom. The molecule has 2 unspecified atom stereocenters. The fourth-order valence-corrected chi connectivity index (χ4v) is 2.96. The molecular weight excluding hydrogens is 260 g/mol. The van der Waals surface area contributed by atoms with Gasteiger partial charge in [-0.2, -0.15) is 0 Å². The summed E-state index contributed by atoms with van der Waals surface area (Å²) >= 11 is 0. The van der Waals surface area contributed by atoms with E-state index in [-0.39, 0.29) is 23.5 Å². The van der Waals surface area contributed by atoms with Crippen molar-refractivity contribution in [1.82, 2.24) is 10.2 Å². The van der Waals surface area contributed by atoms with E-state index in [1.54, 1.807) is 0 Å². The van der Waals surface area contributed by atoms with Gasteiger partial charge in [-0.15, -0.1) is 0 Å². The van der Waals surface area contributed by atoms with E-state index in [1.165, 1.54) is 4.90 Å². The van der Waals surface area contributed by atoms with Gasteiger partial charge in [-0.1, -0.05) is 13.8 Å². The minimum absolute atomic E-state index is 0.133. The number of hydrogen-bond acceptors (Lipinski definition) is 4. The molecule has 2 saturated heterocycles. The van der Waals surface area contributed by atoms with Crippen molar-refractivity contribution in [2.45, 2.75) is 52.2 Å². The predicted octanol–water partition coefficient (Wildman–Crippen LogP) is 1.29. The molecule has 2 rings (SSSR count). The van der Waals surface area contributed by atoms with Crippen LogP contribution in [0.5, 0.6) is 0 Å². The Hall–Kier alpha value is -1.43. The maximum Gasteiger partial charge on any atom is 0.331 e. The van der Waals surface area contributed by atoms with Crippen LogP contribution in [0.15, 0.2) is 0 Å². The first-order valence-corrected chi connectivity index (χ1v) is 7.05. The minimum Gasteiger partial charge on any atom is -0.375 e. The lowest BCUT2D eigenvalue weighted by Crippen LogP contribution is -2.63. The van der Waals surface area contributed by atoms with Gasteiger partial charge in [0.25, 0.3) is 0 Å². The zero-order valence-electron chi connectivity index (χ0n) is 12.4. The van der Waals surface area contributed by atoms with Gasteiger partial charge in [-0.05, 0) is 32.6 Å². The van der Waals surface area contributed by atoms with Crippen LogP contribution in [-0.4, -0.2) is 41.0 Å². The van der Waals surface area contributed by atoms with Gasteiger partial charge in [0.15, 0.2) is 0 Å². The first kappa shape index (κ1) is 15.0. The van der Waals surface area contributed by atoms with Crippen molar-refractivity contribution in [1.29, 1.82) is 0 Å². The summed E-state index contributed by atoms with van der Waals surface area (Å²) in [4.78, 5) is 37.6. The molecular formula is C14H22N2O4. The van der Waals surface area contributed by atoms with Crippen molar-refractivity contribution in [3.05, 3.63) is 0 Å². The van der Waals surface area contributed by atoms with Crippen LogP contribution in [0.25, 0.3) is 0 Å². The van der Waals surface area contributed by atoms with Crippen LogP contribution >= 0.6 is 0 Å². The summed E-state index contributed by atoms with van der Waals surface area (Å²) in [6, 6.07) is -0.805. The fourth-order valence-electron chi connectivity index (χ4n) is 2.96. The summed E-state index contributed by atoms with van der Waals surface area (Å²) in [5.74, 6) is -1.78. The second kappa shape index (κ2) is 5.16. The molecule has 112 valence electrons. The van der Waals surface area contributed by atoms with Crippen molar-refractivity contribution < 1.29 is 19.1 Å². The molecule has 2 heterocycles. The Morgan fingerprint density at radius 2 is 1.95 bits per heavy atom. The van der Waals surface area contributed by atoms with Gasteiger partial charge in [-0.3, -0.25) is 19.8 Å². The number of imide groups is 2. The van der Waals surface area contributed by atoms with Crippen LogP contribution in [0, 0.1) is 11.8 Å². The monoisotopic (exact) mass is 282 g/mol. The van der Waals surface area contributed by atoms with Crippen LogP contribution in [0.1, 0.15) is 40.5 Å². The maximum absolute atomic E-state index is 12.5. The van der Waals surface area contributed by atoms with Gasteiger partial charge in [0.05, 0.1) is 5.60 Å². The van der Waals surface area contributed by atoms with Gasteiger partial charge in [0.2, 0.25) is 11.8 Å². The van der Waals surface area contributed by atoms with Crippen molar-refractivity contribution >= 4 is 17.8 Å². The summed E-state index contributed by atoms with van der Waals surface area (Å²) in [5.41, 5.74) is -0.363. The second-order valence-corrected chi connectivity index (χ2v) is 6.48. The molecule has 4 amide bonds. The topological polar surface area (TPSA) is 75.7 Å². The highest BCUT2D eigenvalue weighted by atomic mass is 16.5. The van der Waals surface area contributed by atoms with Gasteiger partial charge in [-0.25, -0.2) is 4.79 Å². The van der Waals surface area contributed by atoms with E-state index in [4.69, 9.17) is 4.74 Å². The van der Waals surface area contributed by atoms with Crippen LogP contribution in [-0.2, 0) is 14.3 Å². The second-order valence-electron chi connectivity index (χ2n) is 6.48. The first-order valence-electron chi connectivity index (χ1n) is 7.05. The predicted molar refractivity (Wildman–Crippen MR) is 71.8 cm³/mol. The highest BCUT2D eigenvalue weighted by molar-refractivity contribution is 6.16. The summed E-state index contributed by atoms with van der Waals surface area (Å²) in [5, 5.41) is 2.30. The molecule has 6 heteroatoms. The zero-order valence-corrected chi connectivity index (χ0v) is 12.4. The van der Waals surface area contributed by atoms with Gasteiger partial charge in [0, 0.05) is 12.6 Å². The molecule has 0 aromatic carbocycles. The Kier molecular flexibility index (Phi) is 3.86. The number of carbonyl (C=O) groups is 3. The standard InChI is InChI=1S/C14H22N2O4/c1-8(2)10-11(17)15-13(19)16(12(10)18)9-5-6-20-14(3,4)7-9/h8-10H,5-7H2,1-4H3,(H,15,17,19). The van der Waals surface area contributed by atoms with Crippen molar-refractivity contribution in [3.8, 4) is 0 Å². The molecule has 2 aliphatic heterocycles. The Bertz CT molecular complexity index is 444. The smallest absolute Gasteiger partial charge is 0.331 e. The number of urea groups is 1. The molecule has 0 saturated carbocycles. The number of nitrogens with one attached hydrogen (secondary N) is 1. The van der Waals surface area contributed by atoms with E-state index < -0.39 is 17.9 Å². The fraction of sp³-hybridized carbons (Fsp3) is 0.786. The lowest BCUT2D eigenvalue weighted by atomic mass is 9.88. The van der Waals surface area contributed by atoms with E-state index in [0.717, 1.165) is 0 Å². The van der Waals surface area contributed by atoms with Gasteiger partial charge in [0.1, 0.15) is 5.92 Å². The molecule has 2 atom stereocenters. The number of ether oxygens (including phenoxy) is 1. The van der Waals surface area contributed by atoms with E-state index in [1.807, 2.05) is 27.7 Å². The van der Waals surface area contributed by atoms with E-state index in [9.17, 15) is 14.4 Å². The van der Waals surface area contributed by atoms with Crippen molar-refractivity contribution in [2.75, 3.05) is 6.61 Å². The highest BCUT2D eigenvalue weighted by Crippen LogP contribution is 2.30. The van der Waals surface area contributed by atoms with Crippen LogP contribution in [0.4, 0.5) is 4.79 Å². The third-order valence-electron chi connectivity index (χ3n) is 3.94. The molecule has 20 heavy (non-hydrogen) atoms. The molecule has 2 aliphatic rings. The molecule has 0 aromatic rings. The molecule has 0 aliphatic carbocycles. The molecule has 6 nitrogen and oxygen atoms in total. The summed E-state index contributed by atoms with van der Waals surface area (Å²) in [7, 11) is 0. The van der Waals surface area contributed by atoms with Crippen LogP contribution in [0.2, 0.25) is 0 Å². The number of nitrogens with zero attached hydrogens (tertiary/aromatic N) is 1. The van der Waals surface area contributed by atoms with Crippen molar-refractivity contribution in [3.63, 3.8) is 0 Å². The van der Waals surface area contributed by atoms with E-state index >= 15 is 0 Å². The summed E-state index contributed by atoms with van der Waals surface area (Å²) in [6.45, 7) is 8.01. The lowest BCUT2D eigenvalue weighted by Gasteiger charge is -2.42. The van der Waals surface area contributed by atoms with Crippen LogP contribution < -0.4 is 5.32 Å². The third kappa shape index (κ3) is 2.70. The molecule has 0 bridgehead atoms. The molecule has 0 spiro atoms. The molecule has 0 aromatic heterocycles. The van der Waals surface area contributed by atoms with Crippen molar-refractivity contribution in [2.24, 2.45) is 11.8 Å². The summed E-state index contributed by atoms with van der Waals surface area (Å²) in [6.07, 6.45) is 1.20. The van der Waals surface area contributed by atoms with Gasteiger partial charge >= 0.3 is 6.03 Å². The SMILES string of the molecule is CC(C)C1C(=O)NC(=O)N(C2CCOC(C)(C)C2)C1=O. The first-order chi connectivity index (χ1) is 9.23. The molecule has 2 fully saturated rings. The van der Waals surface area contributed by atoms with E-state index in [2.05, 4.69) is 5.32 Å². The normalized spacial score (nSPS) is 30.6. The number of carbonyl (C=O) groups excluding carboxylic acids is 3. The average Bonchev–Trinajstić information content (AvgIpc) is 2.25. The Labute approximate surface area is 118 Å². The van der Waals surface area contributed by atoms with Crippen LogP contribution in [0.3, 0.4) is 0 Å². The van der Waals surface area contributed by atoms with Gasteiger partial charge < -0.3 is 4.74 Å². The Morgan fingerprint density at radius 1 is 1.30 bits per heavy atom. The zero-order chi connectivity index (χ0) is 15.1. The average molecular weight is 282 g/mol.